The summed E-state index contributed by atoms with van der Waals surface area (Å²) in [7, 11) is 0. The summed E-state index contributed by atoms with van der Waals surface area (Å²) in [6, 6.07) is 14.2. The number of carbonyl (C=O) groups excluding carboxylic acids is 1. The highest BCUT2D eigenvalue weighted by molar-refractivity contribution is 5.78. The Labute approximate surface area is 111 Å². The van der Waals surface area contributed by atoms with Gasteiger partial charge in [0.2, 0.25) is 0 Å². The molecular weight excluding hydrogens is 243 g/mol. The van der Waals surface area contributed by atoms with Crippen molar-refractivity contribution in [3.63, 3.8) is 0 Å². The molecule has 2 aromatic rings. The third-order valence-corrected chi connectivity index (χ3v) is 2.69. The van der Waals surface area contributed by atoms with E-state index in [-0.39, 0.29) is 18.0 Å². The van der Waals surface area contributed by atoms with Crippen LogP contribution in [0.5, 0.6) is 5.75 Å². The molecular formula is C16H15FO2. The molecule has 98 valence electrons. The van der Waals surface area contributed by atoms with Crippen LogP contribution < -0.4 is 4.74 Å². The van der Waals surface area contributed by atoms with Crippen LogP contribution in [0.1, 0.15) is 18.1 Å². The highest BCUT2D eigenvalue weighted by Gasteiger charge is 2.06. The predicted octanol–water partition coefficient (Wildman–Crippen LogP) is 3.54. The molecule has 2 rings (SSSR count). The van der Waals surface area contributed by atoms with Crippen LogP contribution in [0.25, 0.3) is 0 Å². The normalized spacial score (nSPS) is 10.2. The van der Waals surface area contributed by atoms with E-state index in [2.05, 4.69) is 0 Å². The lowest BCUT2D eigenvalue weighted by atomic mass is 10.1. The first kappa shape index (κ1) is 13.3. The zero-order valence-electron chi connectivity index (χ0n) is 10.7. The molecule has 3 heteroatoms. The van der Waals surface area contributed by atoms with Gasteiger partial charge >= 0.3 is 0 Å². The number of Topliss-reactive ketones (excluding diaryl/α,β-unsaturated/α-hetero) is 1. The summed E-state index contributed by atoms with van der Waals surface area (Å²) in [5.41, 5.74) is 1.65. The van der Waals surface area contributed by atoms with Gasteiger partial charge in [-0.2, -0.15) is 0 Å². The highest BCUT2D eigenvalue weighted by atomic mass is 19.1. The number of hydrogen-bond donors (Lipinski definition) is 0. The van der Waals surface area contributed by atoms with E-state index in [1.165, 1.54) is 13.0 Å². The Morgan fingerprint density at radius 1 is 1.11 bits per heavy atom. The van der Waals surface area contributed by atoms with Gasteiger partial charge in [-0.25, -0.2) is 4.39 Å². The maximum atomic E-state index is 13.8. The maximum absolute atomic E-state index is 13.8. The van der Waals surface area contributed by atoms with Gasteiger partial charge in [-0.1, -0.05) is 36.4 Å². The van der Waals surface area contributed by atoms with Crippen LogP contribution in [0.15, 0.2) is 48.5 Å². The average Bonchev–Trinajstić information content (AvgIpc) is 2.38. The summed E-state index contributed by atoms with van der Waals surface area (Å²) in [5.74, 6) is -0.219. The maximum Gasteiger partial charge on any atom is 0.165 e. The van der Waals surface area contributed by atoms with Gasteiger partial charge in [-0.15, -0.1) is 0 Å². The van der Waals surface area contributed by atoms with Gasteiger partial charge in [0.1, 0.15) is 12.4 Å². The highest BCUT2D eigenvalue weighted by Crippen LogP contribution is 2.20. The molecule has 2 nitrogen and oxygen atoms in total. The Balaban J connectivity index is 2.03. The fourth-order valence-electron chi connectivity index (χ4n) is 1.79. The minimum atomic E-state index is -0.435. The second-order valence-electron chi connectivity index (χ2n) is 4.42. The standard InChI is InChI=1S/C16H15FO2/c1-12(18)9-14-7-8-16(15(17)10-14)19-11-13-5-3-2-4-6-13/h2-8,10H,9,11H2,1H3. The van der Waals surface area contributed by atoms with Gasteiger partial charge in [-0.3, -0.25) is 4.79 Å². The summed E-state index contributed by atoms with van der Waals surface area (Å²) in [6.45, 7) is 1.81. The molecule has 0 heterocycles. The fourth-order valence-corrected chi connectivity index (χ4v) is 1.79. The minimum absolute atomic E-state index is 0.0114. The number of hydrogen-bond acceptors (Lipinski definition) is 2. The SMILES string of the molecule is CC(=O)Cc1ccc(OCc2ccccc2)c(F)c1. The molecule has 19 heavy (non-hydrogen) atoms. The van der Waals surface area contributed by atoms with E-state index in [0.29, 0.717) is 12.2 Å². The van der Waals surface area contributed by atoms with Crippen molar-refractivity contribution in [2.24, 2.45) is 0 Å². The Hall–Kier alpha value is -2.16. The van der Waals surface area contributed by atoms with Crippen molar-refractivity contribution in [3.8, 4) is 5.75 Å². The van der Waals surface area contributed by atoms with Crippen LogP contribution in [0.2, 0.25) is 0 Å². The first-order valence-corrected chi connectivity index (χ1v) is 6.10. The average molecular weight is 258 g/mol. The molecule has 0 bridgehead atoms. The van der Waals surface area contributed by atoms with Gasteiger partial charge in [0.15, 0.2) is 11.6 Å². The van der Waals surface area contributed by atoms with Crippen molar-refractivity contribution >= 4 is 5.78 Å². The van der Waals surface area contributed by atoms with Crippen molar-refractivity contribution in [2.45, 2.75) is 20.0 Å². The quantitative estimate of drug-likeness (QED) is 0.820. The lowest BCUT2D eigenvalue weighted by Crippen LogP contribution is -2.00. The molecule has 2 aromatic carbocycles. The molecule has 0 aliphatic heterocycles. The molecule has 0 aliphatic rings. The number of ketones is 1. The van der Waals surface area contributed by atoms with Gasteiger partial charge in [0, 0.05) is 6.42 Å². The lowest BCUT2D eigenvalue weighted by Gasteiger charge is -2.08. The Morgan fingerprint density at radius 2 is 1.84 bits per heavy atom. The predicted molar refractivity (Wildman–Crippen MR) is 71.6 cm³/mol. The Kier molecular flexibility index (Phi) is 4.29. The molecule has 0 amide bonds. The van der Waals surface area contributed by atoms with Gasteiger partial charge in [0.25, 0.3) is 0 Å². The number of halogens is 1. The molecule has 0 aliphatic carbocycles. The monoisotopic (exact) mass is 258 g/mol. The summed E-state index contributed by atoms with van der Waals surface area (Å²) in [5, 5.41) is 0. The van der Waals surface area contributed by atoms with Crippen molar-refractivity contribution in [3.05, 3.63) is 65.5 Å². The molecule has 0 N–H and O–H groups in total. The molecule has 0 unspecified atom stereocenters. The molecule has 0 saturated carbocycles. The second-order valence-corrected chi connectivity index (χ2v) is 4.42. The van der Waals surface area contributed by atoms with E-state index >= 15 is 0 Å². The van der Waals surface area contributed by atoms with Crippen molar-refractivity contribution in [2.75, 3.05) is 0 Å². The third-order valence-electron chi connectivity index (χ3n) is 2.69. The van der Waals surface area contributed by atoms with Gasteiger partial charge in [-0.05, 0) is 30.2 Å². The first-order chi connectivity index (χ1) is 9.15. The van der Waals surface area contributed by atoms with E-state index in [1.807, 2.05) is 30.3 Å². The topological polar surface area (TPSA) is 26.3 Å². The van der Waals surface area contributed by atoms with E-state index in [9.17, 15) is 9.18 Å². The summed E-state index contributed by atoms with van der Waals surface area (Å²) < 4.78 is 19.2. The zero-order chi connectivity index (χ0) is 13.7. The Morgan fingerprint density at radius 3 is 2.47 bits per heavy atom. The van der Waals surface area contributed by atoms with Crippen LogP contribution in [0, 0.1) is 5.82 Å². The van der Waals surface area contributed by atoms with Crippen LogP contribution in [-0.2, 0) is 17.8 Å². The van der Waals surface area contributed by atoms with Crippen LogP contribution in [-0.4, -0.2) is 5.78 Å². The lowest BCUT2D eigenvalue weighted by molar-refractivity contribution is -0.116. The first-order valence-electron chi connectivity index (χ1n) is 6.10. The van der Waals surface area contributed by atoms with Crippen LogP contribution in [0.4, 0.5) is 4.39 Å². The molecule has 0 fully saturated rings. The van der Waals surface area contributed by atoms with Crippen LogP contribution >= 0.6 is 0 Å². The fraction of sp³-hybridized carbons (Fsp3) is 0.188. The zero-order valence-corrected chi connectivity index (χ0v) is 10.7. The Bertz CT molecular complexity index is 564. The molecule has 0 atom stereocenters. The van der Waals surface area contributed by atoms with Crippen molar-refractivity contribution in [1.82, 2.24) is 0 Å². The minimum Gasteiger partial charge on any atom is -0.486 e. The molecule has 0 radical (unpaired) electrons. The molecule has 0 spiro atoms. The van der Waals surface area contributed by atoms with E-state index < -0.39 is 5.82 Å². The number of ether oxygens (including phenoxy) is 1. The van der Waals surface area contributed by atoms with Crippen molar-refractivity contribution in [1.29, 1.82) is 0 Å². The van der Waals surface area contributed by atoms with E-state index in [0.717, 1.165) is 5.56 Å². The number of carbonyl (C=O) groups is 1. The number of benzene rings is 2. The smallest absolute Gasteiger partial charge is 0.165 e. The van der Waals surface area contributed by atoms with Crippen LogP contribution in [0.3, 0.4) is 0 Å². The van der Waals surface area contributed by atoms with Gasteiger partial charge < -0.3 is 4.74 Å². The largest absolute Gasteiger partial charge is 0.486 e. The molecule has 0 saturated heterocycles. The number of rotatable bonds is 5. The van der Waals surface area contributed by atoms with Gasteiger partial charge in [0.05, 0.1) is 0 Å². The molecule has 0 aromatic heterocycles. The third kappa shape index (κ3) is 3.91. The van der Waals surface area contributed by atoms with Crippen molar-refractivity contribution < 1.29 is 13.9 Å². The van der Waals surface area contributed by atoms with E-state index in [1.54, 1.807) is 12.1 Å². The summed E-state index contributed by atoms with van der Waals surface area (Å²) in [6.07, 6.45) is 0.246. The summed E-state index contributed by atoms with van der Waals surface area (Å²) >= 11 is 0. The summed E-state index contributed by atoms with van der Waals surface area (Å²) in [4.78, 5) is 11.0. The second kappa shape index (κ2) is 6.14. The van der Waals surface area contributed by atoms with E-state index in [4.69, 9.17) is 4.74 Å².